The number of piperazine rings is 1. The first-order valence-electron chi connectivity index (χ1n) is 8.34. The molecule has 1 aliphatic rings. The molecule has 0 radical (unpaired) electrons. The van der Waals surface area contributed by atoms with E-state index in [0.29, 0.717) is 18.3 Å². The first-order valence-corrected chi connectivity index (χ1v) is 8.34. The molecule has 2 aromatic rings. The summed E-state index contributed by atoms with van der Waals surface area (Å²) < 4.78 is 5.31. The van der Waals surface area contributed by atoms with Gasteiger partial charge < -0.3 is 20.3 Å². The minimum absolute atomic E-state index is 0.267. The van der Waals surface area contributed by atoms with Crippen molar-refractivity contribution < 1.29 is 4.74 Å². The molecule has 0 aliphatic carbocycles. The minimum atomic E-state index is 0.267. The summed E-state index contributed by atoms with van der Waals surface area (Å²) in [6.07, 6.45) is 0. The fraction of sp³-hybridized carbons (Fsp3) is 0.471. The lowest BCUT2D eigenvalue weighted by molar-refractivity contribution is 0.244. The fourth-order valence-corrected chi connectivity index (χ4v) is 2.87. The van der Waals surface area contributed by atoms with E-state index in [1.807, 2.05) is 31.1 Å². The van der Waals surface area contributed by atoms with Crippen molar-refractivity contribution in [2.75, 3.05) is 62.9 Å². The number of hydrogen-bond donors (Lipinski definition) is 1. The zero-order valence-electron chi connectivity index (χ0n) is 15.0. The van der Waals surface area contributed by atoms with E-state index in [9.17, 15) is 0 Å². The minimum Gasteiger partial charge on any atom is -0.497 e. The third-order valence-corrected chi connectivity index (χ3v) is 4.24. The molecular weight excluding hydrogens is 318 g/mol. The molecule has 25 heavy (non-hydrogen) atoms. The normalized spacial score (nSPS) is 15.2. The van der Waals surface area contributed by atoms with E-state index in [1.165, 1.54) is 5.69 Å². The largest absolute Gasteiger partial charge is 0.497 e. The second-order valence-electron chi connectivity index (χ2n) is 6.27. The van der Waals surface area contributed by atoms with E-state index in [4.69, 9.17) is 10.5 Å². The molecule has 0 bridgehead atoms. The Bertz CT molecular complexity index is 714. The maximum absolute atomic E-state index is 5.80. The van der Waals surface area contributed by atoms with Gasteiger partial charge in [0.15, 0.2) is 0 Å². The summed E-state index contributed by atoms with van der Waals surface area (Å²) in [4.78, 5) is 19.4. The van der Waals surface area contributed by atoms with Gasteiger partial charge in [-0.1, -0.05) is 6.07 Å². The maximum Gasteiger partial charge on any atom is 0.229 e. The summed E-state index contributed by atoms with van der Waals surface area (Å²) in [6.45, 7) is 4.47. The zero-order chi connectivity index (χ0) is 17.8. The molecule has 0 saturated carbocycles. The molecule has 1 saturated heterocycles. The van der Waals surface area contributed by atoms with Gasteiger partial charge in [0, 0.05) is 52.0 Å². The van der Waals surface area contributed by atoms with Crippen LogP contribution in [-0.2, 0) is 6.54 Å². The van der Waals surface area contributed by atoms with Gasteiger partial charge in [-0.05, 0) is 12.1 Å². The summed E-state index contributed by atoms with van der Waals surface area (Å²) >= 11 is 0. The van der Waals surface area contributed by atoms with Gasteiger partial charge in [-0.15, -0.1) is 0 Å². The topological polar surface area (TPSA) is 83.6 Å². The van der Waals surface area contributed by atoms with Gasteiger partial charge in [0.05, 0.1) is 13.7 Å². The van der Waals surface area contributed by atoms with Crippen LogP contribution < -0.4 is 20.3 Å². The first kappa shape index (κ1) is 17.2. The van der Waals surface area contributed by atoms with Crippen LogP contribution in [0.15, 0.2) is 24.3 Å². The number of anilines is 3. The van der Waals surface area contributed by atoms with Crippen molar-refractivity contribution in [3.05, 3.63) is 30.1 Å². The molecule has 1 aromatic heterocycles. The van der Waals surface area contributed by atoms with Gasteiger partial charge in [0.25, 0.3) is 0 Å². The first-order chi connectivity index (χ1) is 12.0. The third-order valence-electron chi connectivity index (χ3n) is 4.24. The quantitative estimate of drug-likeness (QED) is 0.855. The molecule has 1 aromatic carbocycles. The average Bonchev–Trinajstić information content (AvgIpc) is 2.62. The second-order valence-corrected chi connectivity index (χ2v) is 6.27. The van der Waals surface area contributed by atoms with Gasteiger partial charge in [-0.25, -0.2) is 0 Å². The molecule has 0 amide bonds. The van der Waals surface area contributed by atoms with Gasteiger partial charge in [0.1, 0.15) is 11.6 Å². The lowest BCUT2D eigenvalue weighted by atomic mass is 10.2. The van der Waals surface area contributed by atoms with Crippen molar-refractivity contribution in [1.82, 2.24) is 19.9 Å². The van der Waals surface area contributed by atoms with Gasteiger partial charge in [0.2, 0.25) is 11.9 Å². The van der Waals surface area contributed by atoms with Crippen molar-refractivity contribution in [3.63, 3.8) is 0 Å². The number of ether oxygens (including phenoxy) is 1. The highest BCUT2D eigenvalue weighted by molar-refractivity contribution is 5.51. The summed E-state index contributed by atoms with van der Waals surface area (Å²) in [5.74, 6) is 2.46. The second kappa shape index (κ2) is 7.52. The Morgan fingerprint density at radius 1 is 1.12 bits per heavy atom. The Balaban J connectivity index is 1.61. The van der Waals surface area contributed by atoms with E-state index < -0.39 is 0 Å². The molecule has 2 N–H and O–H groups in total. The maximum atomic E-state index is 5.80. The van der Waals surface area contributed by atoms with Crippen molar-refractivity contribution in [1.29, 1.82) is 0 Å². The van der Waals surface area contributed by atoms with Crippen molar-refractivity contribution >= 4 is 17.6 Å². The van der Waals surface area contributed by atoms with Gasteiger partial charge in [-0.3, -0.25) is 4.90 Å². The van der Waals surface area contributed by atoms with Crippen LogP contribution in [0.25, 0.3) is 0 Å². The number of nitrogens with two attached hydrogens (primary N) is 1. The van der Waals surface area contributed by atoms with Crippen molar-refractivity contribution in [3.8, 4) is 5.75 Å². The number of benzene rings is 1. The molecule has 8 heteroatoms. The van der Waals surface area contributed by atoms with Crippen LogP contribution in [0.5, 0.6) is 5.75 Å². The average molecular weight is 343 g/mol. The molecule has 0 atom stereocenters. The molecular formula is C17H25N7O. The summed E-state index contributed by atoms with van der Waals surface area (Å²) in [6, 6.07) is 8.18. The van der Waals surface area contributed by atoms with E-state index in [2.05, 4.69) is 36.9 Å². The van der Waals surface area contributed by atoms with Gasteiger partial charge in [-0.2, -0.15) is 15.0 Å². The number of methoxy groups -OCH3 is 1. The van der Waals surface area contributed by atoms with E-state index >= 15 is 0 Å². The summed E-state index contributed by atoms with van der Waals surface area (Å²) in [5.41, 5.74) is 6.99. The Labute approximate surface area is 148 Å². The van der Waals surface area contributed by atoms with Crippen molar-refractivity contribution in [2.24, 2.45) is 0 Å². The highest BCUT2D eigenvalue weighted by Crippen LogP contribution is 2.22. The molecule has 1 aliphatic heterocycles. The fourth-order valence-electron chi connectivity index (χ4n) is 2.87. The van der Waals surface area contributed by atoms with E-state index in [0.717, 1.165) is 31.9 Å². The Kier molecular flexibility index (Phi) is 5.18. The van der Waals surface area contributed by atoms with Crippen LogP contribution in [-0.4, -0.2) is 67.2 Å². The van der Waals surface area contributed by atoms with E-state index in [-0.39, 0.29) is 5.95 Å². The van der Waals surface area contributed by atoms with Crippen LogP contribution in [0.2, 0.25) is 0 Å². The number of rotatable bonds is 5. The standard InChI is InChI=1S/C17H25N7O/c1-22(2)17-20-15(19-16(18)21-17)12-23-7-9-24(10-8-23)13-5-4-6-14(11-13)25-3/h4-6,11H,7-10,12H2,1-3H3,(H2,18,19,20,21). The summed E-state index contributed by atoms with van der Waals surface area (Å²) in [7, 11) is 5.48. The number of hydrogen-bond acceptors (Lipinski definition) is 8. The molecule has 3 rings (SSSR count). The van der Waals surface area contributed by atoms with Gasteiger partial charge >= 0.3 is 0 Å². The molecule has 134 valence electrons. The number of nitrogens with zero attached hydrogens (tertiary/aromatic N) is 6. The Hall–Kier alpha value is -2.61. The third kappa shape index (κ3) is 4.27. The van der Waals surface area contributed by atoms with Crippen LogP contribution >= 0.6 is 0 Å². The highest BCUT2D eigenvalue weighted by Gasteiger charge is 2.19. The smallest absolute Gasteiger partial charge is 0.229 e. The predicted octanol–water partition coefficient (Wildman–Crippen LogP) is 0.851. The SMILES string of the molecule is COc1cccc(N2CCN(Cc3nc(N)nc(N(C)C)n3)CC2)c1. The number of nitrogen functional groups attached to an aromatic ring is 1. The van der Waals surface area contributed by atoms with Crippen LogP contribution in [0.4, 0.5) is 17.6 Å². The van der Waals surface area contributed by atoms with Crippen LogP contribution in [0.3, 0.4) is 0 Å². The molecule has 2 heterocycles. The Morgan fingerprint density at radius 3 is 2.56 bits per heavy atom. The van der Waals surface area contributed by atoms with E-state index in [1.54, 1.807) is 7.11 Å². The number of aromatic nitrogens is 3. The molecule has 0 unspecified atom stereocenters. The monoisotopic (exact) mass is 343 g/mol. The van der Waals surface area contributed by atoms with Crippen LogP contribution in [0, 0.1) is 0 Å². The van der Waals surface area contributed by atoms with Crippen molar-refractivity contribution in [2.45, 2.75) is 6.54 Å². The predicted molar refractivity (Wildman–Crippen MR) is 99.1 cm³/mol. The highest BCUT2D eigenvalue weighted by atomic mass is 16.5. The zero-order valence-corrected chi connectivity index (χ0v) is 15.0. The molecule has 8 nitrogen and oxygen atoms in total. The lowest BCUT2D eigenvalue weighted by Crippen LogP contribution is -2.46. The summed E-state index contributed by atoms with van der Waals surface area (Å²) in [5, 5.41) is 0. The molecule has 0 spiro atoms. The lowest BCUT2D eigenvalue weighted by Gasteiger charge is -2.35. The van der Waals surface area contributed by atoms with Crippen LogP contribution in [0.1, 0.15) is 5.82 Å². The molecule has 1 fully saturated rings. The Morgan fingerprint density at radius 2 is 1.88 bits per heavy atom.